The predicted molar refractivity (Wildman–Crippen MR) is 96.2 cm³/mol. The van der Waals surface area contributed by atoms with Gasteiger partial charge < -0.3 is 10.1 Å². The highest BCUT2D eigenvalue weighted by Gasteiger charge is 2.19. The predicted octanol–water partition coefficient (Wildman–Crippen LogP) is 2.45. The van der Waals surface area contributed by atoms with Crippen molar-refractivity contribution in [2.45, 2.75) is 31.7 Å². The molecule has 3 N–H and O–H groups in total. The van der Waals surface area contributed by atoms with E-state index in [9.17, 15) is 13.2 Å². The van der Waals surface area contributed by atoms with Gasteiger partial charge in [0.05, 0.1) is 23.6 Å². The van der Waals surface area contributed by atoms with Crippen LogP contribution in [0.5, 0.6) is 5.75 Å². The fourth-order valence-electron chi connectivity index (χ4n) is 2.62. The second kappa shape index (κ2) is 7.25. The van der Waals surface area contributed by atoms with Crippen LogP contribution in [0.15, 0.2) is 41.3 Å². The third kappa shape index (κ3) is 4.37. The van der Waals surface area contributed by atoms with Crippen molar-refractivity contribution in [1.29, 1.82) is 0 Å². The Morgan fingerprint density at radius 1 is 1.16 bits per heavy atom. The van der Waals surface area contributed by atoms with E-state index in [2.05, 4.69) is 5.32 Å². The van der Waals surface area contributed by atoms with Crippen LogP contribution in [0.1, 0.15) is 40.0 Å². The van der Waals surface area contributed by atoms with E-state index in [1.54, 1.807) is 0 Å². The minimum absolute atomic E-state index is 0.117. The lowest BCUT2D eigenvalue weighted by Gasteiger charge is -2.18. The summed E-state index contributed by atoms with van der Waals surface area (Å²) in [7, 11) is -2.50. The summed E-state index contributed by atoms with van der Waals surface area (Å²) in [5.74, 6) is -0.158. The Balaban J connectivity index is 2.35. The summed E-state index contributed by atoms with van der Waals surface area (Å²) in [6.07, 6.45) is 0. The van der Waals surface area contributed by atoms with E-state index in [0.29, 0.717) is 0 Å². The van der Waals surface area contributed by atoms with Crippen LogP contribution in [0.3, 0.4) is 0 Å². The zero-order valence-corrected chi connectivity index (χ0v) is 15.5. The Kier molecular flexibility index (Phi) is 5.49. The number of nitrogens with one attached hydrogen (secondary N) is 1. The van der Waals surface area contributed by atoms with E-state index in [-0.39, 0.29) is 22.3 Å². The number of methoxy groups -OCH3 is 1. The van der Waals surface area contributed by atoms with Crippen LogP contribution in [0, 0.1) is 13.8 Å². The smallest absolute Gasteiger partial charge is 0.255 e. The number of carbonyl (C=O) groups excluding carboxylic acids is 1. The van der Waals surface area contributed by atoms with E-state index in [0.717, 1.165) is 16.7 Å². The highest BCUT2D eigenvalue weighted by atomic mass is 32.2. The molecule has 6 nitrogen and oxygen atoms in total. The van der Waals surface area contributed by atoms with Crippen molar-refractivity contribution < 1.29 is 17.9 Å². The Labute approximate surface area is 148 Å². The molecule has 0 aliphatic heterocycles. The van der Waals surface area contributed by atoms with Gasteiger partial charge in [0, 0.05) is 0 Å². The van der Waals surface area contributed by atoms with Crippen LogP contribution in [0.4, 0.5) is 0 Å². The first-order valence-electron chi connectivity index (χ1n) is 7.72. The molecule has 2 aromatic rings. The molecule has 0 saturated carbocycles. The molecule has 25 heavy (non-hydrogen) atoms. The Morgan fingerprint density at radius 3 is 2.44 bits per heavy atom. The number of hydrogen-bond donors (Lipinski definition) is 2. The first-order chi connectivity index (χ1) is 11.6. The zero-order valence-electron chi connectivity index (χ0n) is 14.7. The average Bonchev–Trinajstić information content (AvgIpc) is 2.55. The van der Waals surface area contributed by atoms with Gasteiger partial charge in [-0.25, -0.2) is 13.6 Å². The van der Waals surface area contributed by atoms with Crippen molar-refractivity contribution >= 4 is 15.9 Å². The van der Waals surface area contributed by atoms with Crippen molar-refractivity contribution in [2.75, 3.05) is 7.11 Å². The van der Waals surface area contributed by atoms with Crippen LogP contribution in [-0.4, -0.2) is 21.4 Å². The number of aryl methyl sites for hydroxylation is 2. The summed E-state index contributed by atoms with van der Waals surface area (Å²) in [5, 5.41) is 8.03. The second-order valence-corrected chi connectivity index (χ2v) is 7.52. The molecule has 0 saturated heterocycles. The maximum atomic E-state index is 12.7. The van der Waals surface area contributed by atoms with Gasteiger partial charge in [0.1, 0.15) is 5.75 Å². The van der Waals surface area contributed by atoms with Gasteiger partial charge in [-0.05, 0) is 50.1 Å². The molecule has 134 valence electrons. The first-order valence-corrected chi connectivity index (χ1v) is 9.27. The molecule has 1 atom stereocenters. The van der Waals surface area contributed by atoms with Crippen LogP contribution in [0.2, 0.25) is 0 Å². The van der Waals surface area contributed by atoms with Crippen LogP contribution >= 0.6 is 0 Å². The third-order valence-electron chi connectivity index (χ3n) is 3.99. The molecule has 0 bridgehead atoms. The fourth-order valence-corrected chi connectivity index (χ4v) is 3.16. The van der Waals surface area contributed by atoms with Gasteiger partial charge in [0.25, 0.3) is 5.91 Å². The molecule has 7 heteroatoms. The Morgan fingerprint density at radius 2 is 1.84 bits per heavy atom. The van der Waals surface area contributed by atoms with E-state index in [1.165, 1.54) is 25.3 Å². The van der Waals surface area contributed by atoms with Gasteiger partial charge in [-0.2, -0.15) is 0 Å². The number of rotatable bonds is 5. The van der Waals surface area contributed by atoms with Crippen LogP contribution in [-0.2, 0) is 10.0 Å². The molecule has 0 aliphatic rings. The molecule has 0 radical (unpaired) electrons. The zero-order chi connectivity index (χ0) is 18.8. The fraction of sp³-hybridized carbons (Fsp3) is 0.278. The van der Waals surface area contributed by atoms with E-state index < -0.39 is 15.9 Å². The number of ether oxygens (including phenoxy) is 1. The third-order valence-corrected chi connectivity index (χ3v) is 4.90. The summed E-state index contributed by atoms with van der Waals surface area (Å²) < 4.78 is 28.2. The number of nitrogens with two attached hydrogens (primary N) is 1. The summed E-state index contributed by atoms with van der Waals surface area (Å²) in [5.41, 5.74) is 3.26. The Hall–Kier alpha value is -2.38. The number of primary sulfonamides is 1. The van der Waals surface area contributed by atoms with Crippen LogP contribution < -0.4 is 15.2 Å². The molecule has 2 rings (SSSR count). The number of sulfonamides is 1. The van der Waals surface area contributed by atoms with Crippen molar-refractivity contribution in [3.05, 3.63) is 58.7 Å². The number of benzene rings is 2. The van der Waals surface area contributed by atoms with Gasteiger partial charge in [-0.1, -0.05) is 23.8 Å². The molecule has 1 amide bonds. The Bertz CT molecular complexity index is 907. The minimum Gasteiger partial charge on any atom is -0.496 e. The van der Waals surface area contributed by atoms with Gasteiger partial charge >= 0.3 is 0 Å². The summed E-state index contributed by atoms with van der Waals surface area (Å²) >= 11 is 0. The monoisotopic (exact) mass is 362 g/mol. The first kappa shape index (κ1) is 19.0. The molecule has 0 aliphatic carbocycles. The number of carbonyl (C=O) groups is 1. The lowest BCUT2D eigenvalue weighted by atomic mass is 9.99. The van der Waals surface area contributed by atoms with Crippen LogP contribution in [0.25, 0.3) is 0 Å². The largest absolute Gasteiger partial charge is 0.496 e. The topological polar surface area (TPSA) is 98.5 Å². The van der Waals surface area contributed by atoms with Crippen molar-refractivity contribution in [3.63, 3.8) is 0 Å². The molecule has 1 unspecified atom stereocenters. The standard InChI is InChI=1S/C18H22N2O4S/c1-11-5-6-12(2)15(9-11)13(3)20-18(21)16-10-14(25(19,22)23)7-8-17(16)24-4/h5-10,13H,1-4H3,(H,20,21)(H2,19,22,23). The summed E-state index contributed by atoms with van der Waals surface area (Å²) in [4.78, 5) is 12.5. The van der Waals surface area contributed by atoms with E-state index in [1.807, 2.05) is 39.0 Å². The van der Waals surface area contributed by atoms with E-state index >= 15 is 0 Å². The van der Waals surface area contributed by atoms with Gasteiger partial charge in [-0.3, -0.25) is 4.79 Å². The van der Waals surface area contributed by atoms with Crippen molar-refractivity contribution in [1.82, 2.24) is 5.32 Å². The molecular weight excluding hydrogens is 340 g/mol. The highest BCUT2D eigenvalue weighted by Crippen LogP contribution is 2.24. The number of hydrogen-bond acceptors (Lipinski definition) is 4. The van der Waals surface area contributed by atoms with Gasteiger partial charge in [-0.15, -0.1) is 0 Å². The SMILES string of the molecule is COc1ccc(S(N)(=O)=O)cc1C(=O)NC(C)c1cc(C)ccc1C. The molecular formula is C18H22N2O4S. The number of amides is 1. The van der Waals surface area contributed by atoms with Gasteiger partial charge in [0.15, 0.2) is 0 Å². The van der Waals surface area contributed by atoms with Crippen molar-refractivity contribution in [3.8, 4) is 5.75 Å². The maximum Gasteiger partial charge on any atom is 0.255 e. The lowest BCUT2D eigenvalue weighted by molar-refractivity contribution is 0.0936. The molecule has 0 aromatic heterocycles. The quantitative estimate of drug-likeness (QED) is 0.853. The second-order valence-electron chi connectivity index (χ2n) is 5.96. The minimum atomic E-state index is -3.91. The van der Waals surface area contributed by atoms with Gasteiger partial charge in [0.2, 0.25) is 10.0 Å². The maximum absolute atomic E-state index is 12.7. The normalized spacial score (nSPS) is 12.5. The average molecular weight is 362 g/mol. The van der Waals surface area contributed by atoms with Crippen molar-refractivity contribution in [2.24, 2.45) is 5.14 Å². The summed E-state index contributed by atoms with van der Waals surface area (Å²) in [6, 6.07) is 9.70. The lowest BCUT2D eigenvalue weighted by Crippen LogP contribution is -2.28. The van der Waals surface area contributed by atoms with E-state index in [4.69, 9.17) is 9.88 Å². The molecule has 2 aromatic carbocycles. The molecule has 0 fully saturated rings. The summed E-state index contributed by atoms with van der Waals surface area (Å²) in [6.45, 7) is 5.82. The molecule has 0 heterocycles. The molecule has 0 spiro atoms. The highest BCUT2D eigenvalue weighted by molar-refractivity contribution is 7.89.